The van der Waals surface area contributed by atoms with Crippen molar-refractivity contribution in [3.8, 4) is 17.0 Å². The third-order valence-corrected chi connectivity index (χ3v) is 7.11. The number of carbonyl (C=O) groups excluding carboxylic acids is 1. The maximum absolute atomic E-state index is 12.6. The third-order valence-electron chi connectivity index (χ3n) is 5.38. The summed E-state index contributed by atoms with van der Waals surface area (Å²) in [5.74, 6) is 1.49. The number of carbonyl (C=O) groups is 1. The fourth-order valence-electron chi connectivity index (χ4n) is 3.27. The van der Waals surface area contributed by atoms with Crippen molar-refractivity contribution in [2.75, 3.05) is 11.1 Å². The Bertz CT molecular complexity index is 1330. The second-order valence-electron chi connectivity index (χ2n) is 8.07. The summed E-state index contributed by atoms with van der Waals surface area (Å²) in [5, 5.41) is 14.6. The Morgan fingerprint density at radius 2 is 1.94 bits per heavy atom. The van der Waals surface area contributed by atoms with E-state index in [0.29, 0.717) is 22.7 Å². The van der Waals surface area contributed by atoms with E-state index in [1.165, 1.54) is 39.8 Å². The minimum absolute atomic E-state index is 0.152. The molecule has 35 heavy (non-hydrogen) atoms. The second kappa shape index (κ2) is 11.3. The molecule has 0 spiro atoms. The van der Waals surface area contributed by atoms with Crippen molar-refractivity contribution >= 4 is 34.1 Å². The first-order valence-electron chi connectivity index (χ1n) is 11.1. The zero-order valence-corrected chi connectivity index (χ0v) is 21.6. The molecule has 2 aromatic heterocycles. The van der Waals surface area contributed by atoms with Crippen LogP contribution in [0, 0.1) is 20.8 Å². The summed E-state index contributed by atoms with van der Waals surface area (Å²) in [6, 6.07) is 14.1. The number of allylic oxidation sites excluding steroid dienone is 1. The number of thioether (sulfide) groups is 1. The van der Waals surface area contributed by atoms with Crippen molar-refractivity contribution in [2.45, 2.75) is 39.1 Å². The summed E-state index contributed by atoms with van der Waals surface area (Å²) < 4.78 is 7.83. The van der Waals surface area contributed by atoms with Crippen LogP contribution >= 0.6 is 23.1 Å². The monoisotopic (exact) mass is 505 g/mol. The maximum atomic E-state index is 12.6. The van der Waals surface area contributed by atoms with Crippen molar-refractivity contribution in [3.05, 3.63) is 83.0 Å². The van der Waals surface area contributed by atoms with Gasteiger partial charge in [-0.2, -0.15) is 0 Å². The van der Waals surface area contributed by atoms with E-state index < -0.39 is 0 Å². The van der Waals surface area contributed by atoms with Crippen molar-refractivity contribution in [1.82, 2.24) is 19.7 Å². The molecule has 0 aliphatic heterocycles. The van der Waals surface area contributed by atoms with Crippen LogP contribution in [-0.4, -0.2) is 31.4 Å². The largest absolute Gasteiger partial charge is 0.486 e. The lowest BCUT2D eigenvalue weighted by atomic mass is 10.1. The lowest BCUT2D eigenvalue weighted by Gasteiger charge is -2.10. The Hall–Kier alpha value is -3.43. The molecule has 9 heteroatoms. The number of benzene rings is 2. The Morgan fingerprint density at radius 3 is 2.69 bits per heavy atom. The van der Waals surface area contributed by atoms with Crippen LogP contribution in [-0.2, 0) is 17.9 Å². The number of ether oxygens (including phenoxy) is 1. The fraction of sp³-hybridized carbons (Fsp3) is 0.231. The standard InChI is InChI=1S/C26H27N5O2S2/c1-5-12-31-23(14-33-21-11-8-18(3)19(4)13-21)29-30-26(31)35-16-24(32)28-25-27-22(15-34-25)20-9-6-17(2)7-10-20/h5-11,13,15H,1,12,14,16H2,2-4H3,(H,27,28,32). The van der Waals surface area contributed by atoms with Crippen molar-refractivity contribution < 1.29 is 9.53 Å². The summed E-state index contributed by atoms with van der Waals surface area (Å²) in [6.07, 6.45) is 1.77. The highest BCUT2D eigenvalue weighted by Crippen LogP contribution is 2.26. The van der Waals surface area contributed by atoms with Crippen molar-refractivity contribution in [1.29, 1.82) is 0 Å². The van der Waals surface area contributed by atoms with Crippen LogP contribution in [0.5, 0.6) is 5.75 Å². The van der Waals surface area contributed by atoms with Gasteiger partial charge in [0.05, 0.1) is 11.4 Å². The molecule has 0 atom stereocenters. The molecule has 0 aliphatic rings. The first-order valence-corrected chi connectivity index (χ1v) is 13.0. The second-order valence-corrected chi connectivity index (χ2v) is 9.87. The minimum Gasteiger partial charge on any atom is -0.486 e. The van der Waals surface area contributed by atoms with Crippen LogP contribution in [0.2, 0.25) is 0 Å². The molecule has 2 heterocycles. The molecular weight excluding hydrogens is 478 g/mol. The summed E-state index contributed by atoms with van der Waals surface area (Å²) >= 11 is 2.72. The zero-order valence-electron chi connectivity index (χ0n) is 19.9. The summed E-state index contributed by atoms with van der Waals surface area (Å²) in [6.45, 7) is 10.8. The van der Waals surface area contributed by atoms with Gasteiger partial charge in [0.2, 0.25) is 5.91 Å². The topological polar surface area (TPSA) is 81.9 Å². The number of hydrogen-bond donors (Lipinski definition) is 1. The predicted molar refractivity (Wildman–Crippen MR) is 142 cm³/mol. The fourth-order valence-corrected chi connectivity index (χ4v) is 4.77. The Kier molecular flexibility index (Phi) is 7.99. The SMILES string of the molecule is C=CCn1c(COc2ccc(C)c(C)c2)nnc1SCC(=O)Nc1nc(-c2ccc(C)cc2)cs1. The maximum Gasteiger partial charge on any atom is 0.236 e. The number of aryl methyl sites for hydroxylation is 3. The molecule has 0 aliphatic carbocycles. The van der Waals surface area contributed by atoms with Gasteiger partial charge in [-0.25, -0.2) is 4.98 Å². The molecule has 0 saturated carbocycles. The molecule has 180 valence electrons. The van der Waals surface area contributed by atoms with Crippen LogP contribution in [0.1, 0.15) is 22.5 Å². The molecule has 7 nitrogen and oxygen atoms in total. The number of anilines is 1. The third kappa shape index (κ3) is 6.37. The quantitative estimate of drug-likeness (QED) is 0.216. The van der Waals surface area contributed by atoms with Gasteiger partial charge in [-0.1, -0.05) is 53.7 Å². The molecule has 4 aromatic rings. The van der Waals surface area contributed by atoms with Crippen LogP contribution in [0.25, 0.3) is 11.3 Å². The molecule has 0 unspecified atom stereocenters. The van der Waals surface area contributed by atoms with E-state index in [4.69, 9.17) is 4.74 Å². The average Bonchev–Trinajstić information content (AvgIpc) is 3.46. The number of amides is 1. The van der Waals surface area contributed by atoms with Gasteiger partial charge in [0, 0.05) is 17.5 Å². The van der Waals surface area contributed by atoms with E-state index in [9.17, 15) is 4.79 Å². The van der Waals surface area contributed by atoms with Crippen molar-refractivity contribution in [3.63, 3.8) is 0 Å². The van der Waals surface area contributed by atoms with E-state index in [1.54, 1.807) is 6.08 Å². The molecule has 0 radical (unpaired) electrons. The van der Waals surface area contributed by atoms with Crippen LogP contribution in [0.3, 0.4) is 0 Å². The molecule has 4 rings (SSSR count). The number of nitrogens with one attached hydrogen (secondary N) is 1. The van der Waals surface area contributed by atoms with E-state index in [2.05, 4.69) is 40.9 Å². The smallest absolute Gasteiger partial charge is 0.236 e. The van der Waals surface area contributed by atoms with E-state index in [0.717, 1.165) is 17.0 Å². The highest BCUT2D eigenvalue weighted by atomic mass is 32.2. The van der Waals surface area contributed by atoms with E-state index in [1.807, 2.05) is 59.3 Å². The predicted octanol–water partition coefficient (Wildman–Crippen LogP) is 5.82. The number of hydrogen-bond acceptors (Lipinski definition) is 7. The van der Waals surface area contributed by atoms with Gasteiger partial charge in [0.15, 0.2) is 16.1 Å². The number of rotatable bonds is 10. The van der Waals surface area contributed by atoms with Gasteiger partial charge in [-0.3, -0.25) is 9.36 Å². The molecule has 2 aromatic carbocycles. The van der Waals surface area contributed by atoms with Gasteiger partial charge >= 0.3 is 0 Å². The minimum atomic E-state index is -0.152. The average molecular weight is 506 g/mol. The Morgan fingerprint density at radius 1 is 1.14 bits per heavy atom. The number of nitrogens with zero attached hydrogens (tertiary/aromatic N) is 4. The van der Waals surface area contributed by atoms with E-state index >= 15 is 0 Å². The lowest BCUT2D eigenvalue weighted by Crippen LogP contribution is -2.15. The highest BCUT2D eigenvalue weighted by Gasteiger charge is 2.15. The number of thiazole rings is 1. The first kappa shape index (κ1) is 24.7. The Balaban J connectivity index is 1.35. The summed E-state index contributed by atoms with van der Waals surface area (Å²) in [7, 11) is 0. The van der Waals surface area contributed by atoms with Crippen molar-refractivity contribution in [2.24, 2.45) is 0 Å². The van der Waals surface area contributed by atoms with E-state index in [-0.39, 0.29) is 18.3 Å². The number of aromatic nitrogens is 4. The first-order chi connectivity index (χ1) is 16.9. The normalized spacial score (nSPS) is 10.8. The van der Waals surface area contributed by atoms with Crippen LogP contribution < -0.4 is 10.1 Å². The summed E-state index contributed by atoms with van der Waals surface area (Å²) in [5.41, 5.74) is 5.45. The van der Waals surface area contributed by atoms with Gasteiger partial charge in [-0.15, -0.1) is 28.1 Å². The Labute approximate surface area is 213 Å². The van der Waals surface area contributed by atoms with Gasteiger partial charge in [-0.05, 0) is 44.0 Å². The molecule has 0 fully saturated rings. The zero-order chi connectivity index (χ0) is 24.8. The van der Waals surface area contributed by atoms with Gasteiger partial charge < -0.3 is 10.1 Å². The molecule has 1 N–H and O–H groups in total. The molecule has 0 saturated heterocycles. The lowest BCUT2D eigenvalue weighted by molar-refractivity contribution is -0.113. The van der Waals surface area contributed by atoms with Gasteiger partial charge in [0.1, 0.15) is 12.4 Å². The summed E-state index contributed by atoms with van der Waals surface area (Å²) in [4.78, 5) is 17.1. The van der Waals surface area contributed by atoms with Gasteiger partial charge in [0.25, 0.3) is 0 Å². The highest BCUT2D eigenvalue weighted by molar-refractivity contribution is 7.99. The van der Waals surface area contributed by atoms with Crippen LogP contribution in [0.4, 0.5) is 5.13 Å². The van der Waals surface area contributed by atoms with Crippen LogP contribution in [0.15, 0.2) is 65.7 Å². The molecular formula is C26H27N5O2S2. The molecule has 1 amide bonds. The molecule has 0 bridgehead atoms.